The van der Waals surface area contributed by atoms with Gasteiger partial charge in [-0.05, 0) is 31.7 Å². The van der Waals surface area contributed by atoms with Crippen LogP contribution in [0, 0.1) is 0 Å². The third-order valence-corrected chi connectivity index (χ3v) is 3.83. The van der Waals surface area contributed by atoms with Crippen molar-refractivity contribution in [2.75, 3.05) is 12.3 Å². The number of rotatable bonds is 3. The predicted octanol–water partition coefficient (Wildman–Crippen LogP) is 3.57. The molecule has 1 saturated heterocycles. The predicted molar refractivity (Wildman–Crippen MR) is 75.3 cm³/mol. The Morgan fingerprint density at radius 1 is 1.37 bits per heavy atom. The molecule has 2 N–H and O–H groups in total. The summed E-state index contributed by atoms with van der Waals surface area (Å²) in [6.45, 7) is 0.879. The first-order valence-corrected chi connectivity index (χ1v) is 7.06. The van der Waals surface area contributed by atoms with Crippen LogP contribution in [0.3, 0.4) is 0 Å². The van der Waals surface area contributed by atoms with Gasteiger partial charge in [-0.3, -0.25) is 0 Å². The Balaban J connectivity index is 1.70. The van der Waals surface area contributed by atoms with Crippen LogP contribution in [-0.4, -0.2) is 17.7 Å². The molecule has 1 unspecified atom stereocenters. The van der Waals surface area contributed by atoms with Crippen molar-refractivity contribution in [2.45, 2.75) is 38.2 Å². The summed E-state index contributed by atoms with van der Waals surface area (Å²) in [6.07, 6.45) is 5.66. The van der Waals surface area contributed by atoms with E-state index in [9.17, 15) is 0 Å². The first kappa shape index (κ1) is 12.8. The Kier molecular flexibility index (Phi) is 3.62. The van der Waals surface area contributed by atoms with Gasteiger partial charge in [-0.15, -0.1) is 0 Å². The summed E-state index contributed by atoms with van der Waals surface area (Å²) < 4.78 is 11.4. The fourth-order valence-corrected chi connectivity index (χ4v) is 2.60. The zero-order chi connectivity index (χ0) is 13.2. The third-order valence-electron chi connectivity index (χ3n) is 3.51. The van der Waals surface area contributed by atoms with E-state index in [1.54, 1.807) is 12.1 Å². The van der Waals surface area contributed by atoms with E-state index in [0.717, 1.165) is 37.3 Å². The number of hydrogen-bond acceptors (Lipinski definition) is 4. The molecular formula is C14H17ClN2O2. The maximum Gasteiger partial charge on any atom is 0.195 e. The van der Waals surface area contributed by atoms with Crippen LogP contribution in [-0.2, 0) is 11.2 Å². The number of aryl methyl sites for hydroxylation is 1. The van der Waals surface area contributed by atoms with Gasteiger partial charge in [0.1, 0.15) is 5.52 Å². The number of nitrogens with zero attached hydrogens (tertiary/aromatic N) is 1. The fourth-order valence-electron chi connectivity index (χ4n) is 2.44. The van der Waals surface area contributed by atoms with E-state index in [1.807, 2.05) is 0 Å². The molecular weight excluding hydrogens is 264 g/mol. The number of nitrogen functional groups attached to an aromatic ring is 1. The van der Waals surface area contributed by atoms with Crippen molar-refractivity contribution >= 4 is 28.4 Å². The van der Waals surface area contributed by atoms with Gasteiger partial charge in [-0.1, -0.05) is 11.6 Å². The van der Waals surface area contributed by atoms with E-state index in [4.69, 9.17) is 26.5 Å². The SMILES string of the molecule is Nc1cc2oc(CCC3CCCCO3)nc2cc1Cl. The number of anilines is 1. The molecule has 0 saturated carbocycles. The second-order valence-corrected chi connectivity index (χ2v) is 5.38. The van der Waals surface area contributed by atoms with Crippen molar-refractivity contribution < 1.29 is 9.15 Å². The molecule has 19 heavy (non-hydrogen) atoms. The van der Waals surface area contributed by atoms with Gasteiger partial charge in [-0.25, -0.2) is 4.98 Å². The molecule has 0 aliphatic carbocycles. The quantitative estimate of drug-likeness (QED) is 0.873. The monoisotopic (exact) mass is 280 g/mol. The summed E-state index contributed by atoms with van der Waals surface area (Å²) in [6, 6.07) is 3.47. The number of ether oxygens (including phenoxy) is 1. The standard InChI is InChI=1S/C14H17ClN2O2/c15-10-7-12-13(8-11(10)16)19-14(17-12)5-4-9-3-1-2-6-18-9/h7-9H,1-6,16H2. The van der Waals surface area contributed by atoms with Crippen LogP contribution in [0.5, 0.6) is 0 Å². The second-order valence-electron chi connectivity index (χ2n) is 4.98. The van der Waals surface area contributed by atoms with Crippen molar-refractivity contribution in [3.63, 3.8) is 0 Å². The number of hydrogen-bond donors (Lipinski definition) is 1. The smallest absolute Gasteiger partial charge is 0.195 e. The Morgan fingerprint density at radius 3 is 3.05 bits per heavy atom. The molecule has 2 heterocycles. The summed E-state index contributed by atoms with van der Waals surface area (Å²) in [7, 11) is 0. The molecule has 0 radical (unpaired) electrons. The van der Waals surface area contributed by atoms with Crippen LogP contribution in [0.4, 0.5) is 5.69 Å². The van der Waals surface area contributed by atoms with Crippen molar-refractivity contribution in [3.05, 3.63) is 23.0 Å². The van der Waals surface area contributed by atoms with E-state index < -0.39 is 0 Å². The fraction of sp³-hybridized carbons (Fsp3) is 0.500. The Labute approximate surface area is 116 Å². The number of aromatic nitrogens is 1. The molecule has 3 rings (SSSR count). The molecule has 1 aromatic heterocycles. The van der Waals surface area contributed by atoms with Crippen molar-refractivity contribution in [1.82, 2.24) is 4.98 Å². The summed E-state index contributed by atoms with van der Waals surface area (Å²) in [5, 5.41) is 0.517. The molecule has 2 aromatic rings. The summed E-state index contributed by atoms with van der Waals surface area (Å²) in [4.78, 5) is 4.44. The molecule has 0 amide bonds. The lowest BCUT2D eigenvalue weighted by Crippen LogP contribution is -2.19. The molecule has 1 aromatic carbocycles. The second kappa shape index (κ2) is 5.39. The first-order chi connectivity index (χ1) is 9.22. The molecule has 1 atom stereocenters. The highest BCUT2D eigenvalue weighted by molar-refractivity contribution is 6.33. The minimum Gasteiger partial charge on any atom is -0.441 e. The zero-order valence-electron chi connectivity index (χ0n) is 10.7. The van der Waals surface area contributed by atoms with Crippen molar-refractivity contribution in [2.24, 2.45) is 0 Å². The molecule has 1 fully saturated rings. The van der Waals surface area contributed by atoms with Crippen molar-refractivity contribution in [1.29, 1.82) is 0 Å². The lowest BCUT2D eigenvalue weighted by Gasteiger charge is -2.21. The average molecular weight is 281 g/mol. The van der Waals surface area contributed by atoms with Crippen LogP contribution in [0.15, 0.2) is 16.5 Å². The highest BCUT2D eigenvalue weighted by Crippen LogP contribution is 2.27. The van der Waals surface area contributed by atoms with E-state index in [1.165, 1.54) is 12.8 Å². The van der Waals surface area contributed by atoms with Gasteiger partial charge in [0.2, 0.25) is 0 Å². The minimum absolute atomic E-state index is 0.345. The molecule has 102 valence electrons. The van der Waals surface area contributed by atoms with Crippen LogP contribution >= 0.6 is 11.6 Å². The lowest BCUT2D eigenvalue weighted by atomic mass is 10.0. The van der Waals surface area contributed by atoms with Gasteiger partial charge in [0.15, 0.2) is 11.5 Å². The summed E-state index contributed by atoms with van der Waals surface area (Å²) >= 11 is 5.97. The van der Waals surface area contributed by atoms with Gasteiger partial charge < -0.3 is 14.9 Å². The van der Waals surface area contributed by atoms with Gasteiger partial charge in [0.25, 0.3) is 0 Å². The van der Waals surface area contributed by atoms with Crippen LogP contribution in [0.25, 0.3) is 11.1 Å². The number of benzene rings is 1. The zero-order valence-corrected chi connectivity index (χ0v) is 11.4. The van der Waals surface area contributed by atoms with Crippen LogP contribution in [0.2, 0.25) is 5.02 Å². The van der Waals surface area contributed by atoms with Gasteiger partial charge in [0.05, 0.1) is 16.8 Å². The van der Waals surface area contributed by atoms with E-state index in [-0.39, 0.29) is 0 Å². The molecule has 1 aliphatic rings. The maximum absolute atomic E-state index is 5.97. The highest BCUT2D eigenvalue weighted by Gasteiger charge is 2.15. The Hall–Kier alpha value is -1.26. The highest BCUT2D eigenvalue weighted by atomic mass is 35.5. The number of oxazole rings is 1. The number of fused-ring (bicyclic) bond motifs is 1. The molecule has 1 aliphatic heterocycles. The molecule has 4 nitrogen and oxygen atoms in total. The topological polar surface area (TPSA) is 61.3 Å². The normalized spacial score (nSPS) is 19.9. The third kappa shape index (κ3) is 2.85. The minimum atomic E-state index is 0.345. The number of halogens is 1. The van der Waals surface area contributed by atoms with Crippen LogP contribution < -0.4 is 5.73 Å². The van der Waals surface area contributed by atoms with E-state index in [0.29, 0.717) is 22.4 Å². The molecule has 5 heteroatoms. The van der Waals surface area contributed by atoms with Gasteiger partial charge >= 0.3 is 0 Å². The first-order valence-electron chi connectivity index (χ1n) is 6.68. The average Bonchev–Trinajstić information content (AvgIpc) is 2.80. The number of nitrogens with two attached hydrogens (primary N) is 1. The van der Waals surface area contributed by atoms with Crippen molar-refractivity contribution in [3.8, 4) is 0 Å². The molecule has 0 bridgehead atoms. The molecule has 0 spiro atoms. The largest absolute Gasteiger partial charge is 0.441 e. The van der Waals surface area contributed by atoms with E-state index >= 15 is 0 Å². The van der Waals surface area contributed by atoms with Gasteiger partial charge in [0, 0.05) is 19.1 Å². The van der Waals surface area contributed by atoms with Crippen LogP contribution in [0.1, 0.15) is 31.6 Å². The Morgan fingerprint density at radius 2 is 2.26 bits per heavy atom. The summed E-state index contributed by atoms with van der Waals surface area (Å²) in [5.74, 6) is 0.728. The maximum atomic E-state index is 5.97. The lowest BCUT2D eigenvalue weighted by molar-refractivity contribution is 0.0106. The summed E-state index contributed by atoms with van der Waals surface area (Å²) in [5.41, 5.74) is 7.73. The Bertz CT molecular complexity index is 537. The van der Waals surface area contributed by atoms with E-state index in [2.05, 4.69) is 4.98 Å². The van der Waals surface area contributed by atoms with Gasteiger partial charge in [-0.2, -0.15) is 0 Å².